The van der Waals surface area contributed by atoms with Crippen molar-refractivity contribution >= 4 is 34.0 Å². The highest BCUT2D eigenvalue weighted by molar-refractivity contribution is 6.30. The van der Waals surface area contributed by atoms with Crippen molar-refractivity contribution in [2.24, 2.45) is 0 Å². The molecular weight excluding hydrogens is 396 g/mol. The summed E-state index contributed by atoms with van der Waals surface area (Å²) in [6, 6.07) is 14.9. The number of hydrogen-bond donors (Lipinski definition) is 1. The van der Waals surface area contributed by atoms with E-state index < -0.39 is 17.2 Å². The maximum atomic E-state index is 14.3. The summed E-state index contributed by atoms with van der Waals surface area (Å²) in [5, 5.41) is 0.964. The van der Waals surface area contributed by atoms with Crippen LogP contribution >= 0.6 is 11.6 Å². The SMILES string of the molecule is Cc1ccc(N(Cc2cc(=O)[nH]c3c(F)c(F)ccc23)c2cccc(Cl)c2)nc1. The number of nitrogens with zero attached hydrogens (tertiary/aromatic N) is 2. The summed E-state index contributed by atoms with van der Waals surface area (Å²) in [5.41, 5.74) is 1.61. The lowest BCUT2D eigenvalue weighted by molar-refractivity contribution is 0.515. The number of aromatic amines is 1. The Labute approximate surface area is 170 Å². The molecule has 29 heavy (non-hydrogen) atoms. The molecule has 0 saturated carbocycles. The summed E-state index contributed by atoms with van der Waals surface area (Å²) in [4.78, 5) is 20.8. The molecule has 0 unspecified atom stereocenters. The van der Waals surface area contributed by atoms with Crippen LogP contribution in [0.4, 0.5) is 20.3 Å². The second kappa shape index (κ2) is 7.64. The van der Waals surface area contributed by atoms with Crippen LogP contribution in [0.5, 0.6) is 0 Å². The van der Waals surface area contributed by atoms with Gasteiger partial charge < -0.3 is 9.88 Å². The number of rotatable bonds is 4. The van der Waals surface area contributed by atoms with Crippen LogP contribution in [0.2, 0.25) is 5.02 Å². The predicted molar refractivity (Wildman–Crippen MR) is 111 cm³/mol. The lowest BCUT2D eigenvalue weighted by Gasteiger charge is -2.25. The van der Waals surface area contributed by atoms with E-state index >= 15 is 0 Å². The molecule has 2 aromatic carbocycles. The molecule has 2 aromatic heterocycles. The number of hydrogen-bond acceptors (Lipinski definition) is 3. The van der Waals surface area contributed by atoms with E-state index in [0.717, 1.165) is 17.3 Å². The van der Waals surface area contributed by atoms with Gasteiger partial charge in [-0.2, -0.15) is 0 Å². The minimum Gasteiger partial charge on any atom is -0.322 e. The van der Waals surface area contributed by atoms with Crippen molar-refractivity contribution in [3.8, 4) is 0 Å². The standard InChI is InChI=1S/C22H16ClF2N3O/c1-13-5-8-19(26-11-13)28(16-4-2-3-15(23)10-16)12-14-9-20(29)27-22-17(14)6-7-18(24)21(22)25/h2-11H,12H2,1H3,(H,27,29). The molecule has 0 amide bonds. The monoisotopic (exact) mass is 411 g/mol. The third kappa shape index (κ3) is 3.84. The van der Waals surface area contributed by atoms with E-state index in [9.17, 15) is 13.6 Å². The number of pyridine rings is 2. The number of aryl methyl sites for hydroxylation is 1. The first-order chi connectivity index (χ1) is 13.9. The Morgan fingerprint density at radius 2 is 1.93 bits per heavy atom. The fourth-order valence-corrected chi connectivity index (χ4v) is 3.39. The summed E-state index contributed by atoms with van der Waals surface area (Å²) in [6.07, 6.45) is 1.73. The van der Waals surface area contributed by atoms with Gasteiger partial charge in [0.15, 0.2) is 11.6 Å². The Bertz CT molecular complexity index is 1260. The molecule has 0 atom stereocenters. The van der Waals surface area contributed by atoms with E-state index in [-0.39, 0.29) is 12.1 Å². The molecule has 7 heteroatoms. The summed E-state index contributed by atoms with van der Waals surface area (Å²) in [7, 11) is 0. The molecule has 0 fully saturated rings. The van der Waals surface area contributed by atoms with Crippen molar-refractivity contribution in [2.45, 2.75) is 13.5 Å². The summed E-state index contributed by atoms with van der Waals surface area (Å²) in [6.45, 7) is 2.14. The summed E-state index contributed by atoms with van der Waals surface area (Å²) >= 11 is 6.17. The minimum absolute atomic E-state index is 0.157. The Hall–Kier alpha value is -3.25. The highest BCUT2D eigenvalue weighted by Gasteiger charge is 2.17. The van der Waals surface area contributed by atoms with Crippen LogP contribution in [-0.2, 0) is 6.54 Å². The van der Waals surface area contributed by atoms with Gasteiger partial charge in [-0.3, -0.25) is 4.79 Å². The smallest absolute Gasteiger partial charge is 0.248 e. The number of anilines is 2. The molecule has 0 aliphatic carbocycles. The minimum atomic E-state index is -1.08. The predicted octanol–water partition coefficient (Wildman–Crippen LogP) is 5.50. The fraction of sp³-hybridized carbons (Fsp3) is 0.0909. The van der Waals surface area contributed by atoms with Gasteiger partial charge in [-0.25, -0.2) is 13.8 Å². The number of fused-ring (bicyclic) bond motifs is 1. The van der Waals surface area contributed by atoms with E-state index in [2.05, 4.69) is 9.97 Å². The van der Waals surface area contributed by atoms with Gasteiger partial charge in [0, 0.05) is 28.4 Å². The second-order valence-electron chi connectivity index (χ2n) is 6.70. The van der Waals surface area contributed by atoms with Gasteiger partial charge in [-0.05, 0) is 54.4 Å². The molecule has 0 spiro atoms. The molecule has 2 heterocycles. The maximum absolute atomic E-state index is 14.3. The average molecular weight is 412 g/mol. The molecule has 4 nitrogen and oxygen atoms in total. The number of nitrogens with one attached hydrogen (secondary N) is 1. The molecular formula is C22H16ClF2N3O. The summed E-state index contributed by atoms with van der Waals surface area (Å²) < 4.78 is 27.9. The second-order valence-corrected chi connectivity index (χ2v) is 7.14. The van der Waals surface area contributed by atoms with Crippen LogP contribution in [-0.4, -0.2) is 9.97 Å². The van der Waals surface area contributed by atoms with Crippen LogP contribution < -0.4 is 10.5 Å². The maximum Gasteiger partial charge on any atom is 0.248 e. The Balaban J connectivity index is 1.88. The molecule has 4 aromatic rings. The van der Waals surface area contributed by atoms with Crippen molar-refractivity contribution in [3.63, 3.8) is 0 Å². The van der Waals surface area contributed by atoms with Crippen LogP contribution in [0, 0.1) is 18.6 Å². The number of benzene rings is 2. The quantitative estimate of drug-likeness (QED) is 0.482. The van der Waals surface area contributed by atoms with Crippen molar-refractivity contribution in [1.82, 2.24) is 9.97 Å². The number of aromatic nitrogens is 2. The van der Waals surface area contributed by atoms with Gasteiger partial charge in [0.1, 0.15) is 5.82 Å². The van der Waals surface area contributed by atoms with Crippen molar-refractivity contribution < 1.29 is 8.78 Å². The molecule has 4 rings (SSSR count). The van der Waals surface area contributed by atoms with E-state index in [1.165, 1.54) is 12.1 Å². The zero-order chi connectivity index (χ0) is 20.5. The molecule has 0 aliphatic rings. The van der Waals surface area contributed by atoms with Crippen molar-refractivity contribution in [1.29, 1.82) is 0 Å². The van der Waals surface area contributed by atoms with Gasteiger partial charge in [0.25, 0.3) is 0 Å². The average Bonchev–Trinajstić information content (AvgIpc) is 2.70. The summed E-state index contributed by atoms with van der Waals surface area (Å²) in [5.74, 6) is -1.46. The highest BCUT2D eigenvalue weighted by Crippen LogP contribution is 2.30. The van der Waals surface area contributed by atoms with Crippen LogP contribution in [0.15, 0.2) is 65.6 Å². The molecule has 0 saturated heterocycles. The third-order valence-corrected chi connectivity index (χ3v) is 4.85. The number of H-pyrrole nitrogens is 1. The molecule has 0 bridgehead atoms. The molecule has 0 radical (unpaired) electrons. The van der Waals surface area contributed by atoms with E-state index in [4.69, 9.17) is 11.6 Å². The zero-order valence-corrected chi connectivity index (χ0v) is 16.2. The lowest BCUT2D eigenvalue weighted by Crippen LogP contribution is -2.20. The highest BCUT2D eigenvalue weighted by atomic mass is 35.5. The molecule has 1 N–H and O–H groups in total. The normalized spacial score (nSPS) is 11.0. The van der Waals surface area contributed by atoms with Crippen LogP contribution in [0.1, 0.15) is 11.1 Å². The van der Waals surface area contributed by atoms with Gasteiger partial charge in [0.2, 0.25) is 5.56 Å². The van der Waals surface area contributed by atoms with Gasteiger partial charge in [-0.15, -0.1) is 0 Å². The zero-order valence-electron chi connectivity index (χ0n) is 15.4. The first kappa shape index (κ1) is 19.1. The largest absolute Gasteiger partial charge is 0.322 e. The van der Waals surface area contributed by atoms with Crippen LogP contribution in [0.3, 0.4) is 0 Å². The first-order valence-electron chi connectivity index (χ1n) is 8.88. The fourth-order valence-electron chi connectivity index (χ4n) is 3.21. The van der Waals surface area contributed by atoms with E-state index in [1.54, 1.807) is 18.3 Å². The Morgan fingerprint density at radius 3 is 2.66 bits per heavy atom. The van der Waals surface area contributed by atoms with E-state index in [0.29, 0.717) is 21.8 Å². The van der Waals surface area contributed by atoms with Crippen LogP contribution in [0.25, 0.3) is 10.9 Å². The first-order valence-corrected chi connectivity index (χ1v) is 9.26. The third-order valence-electron chi connectivity index (χ3n) is 4.61. The number of halogens is 3. The van der Waals surface area contributed by atoms with Gasteiger partial charge in [-0.1, -0.05) is 23.7 Å². The lowest BCUT2D eigenvalue weighted by atomic mass is 10.1. The van der Waals surface area contributed by atoms with Gasteiger partial charge >= 0.3 is 0 Å². The molecule has 146 valence electrons. The van der Waals surface area contributed by atoms with Crippen molar-refractivity contribution in [2.75, 3.05) is 4.90 Å². The topological polar surface area (TPSA) is 49.0 Å². The van der Waals surface area contributed by atoms with Crippen molar-refractivity contribution in [3.05, 3.63) is 98.9 Å². The molecule has 0 aliphatic heterocycles. The Morgan fingerprint density at radius 1 is 1.10 bits per heavy atom. The van der Waals surface area contributed by atoms with E-state index in [1.807, 2.05) is 36.1 Å². The van der Waals surface area contributed by atoms with Gasteiger partial charge in [0.05, 0.1) is 12.1 Å². The Kier molecular flexibility index (Phi) is 5.03.